The van der Waals surface area contributed by atoms with Gasteiger partial charge in [0.15, 0.2) is 16.6 Å². The molecule has 0 aliphatic rings. The summed E-state index contributed by atoms with van der Waals surface area (Å²) in [5.74, 6) is -0.835. The monoisotopic (exact) mass is 484 g/mol. The molecule has 0 bridgehead atoms. The topological polar surface area (TPSA) is 98.0 Å². The molecule has 0 radical (unpaired) electrons. The van der Waals surface area contributed by atoms with Crippen molar-refractivity contribution in [2.45, 2.75) is 0 Å². The van der Waals surface area contributed by atoms with E-state index in [0.29, 0.717) is 11.2 Å². The minimum atomic E-state index is -0.655. The van der Waals surface area contributed by atoms with E-state index < -0.39 is 22.3 Å². The third-order valence-electron chi connectivity index (χ3n) is 4.53. The van der Waals surface area contributed by atoms with E-state index in [-0.39, 0.29) is 46.7 Å². The van der Waals surface area contributed by atoms with E-state index in [2.05, 4.69) is 4.98 Å². The molecule has 1 amide bonds. The average Bonchev–Trinajstić information content (AvgIpc) is 3.17. The molecule has 3 aromatic rings. The van der Waals surface area contributed by atoms with E-state index in [0.717, 1.165) is 17.4 Å². The molecule has 0 saturated heterocycles. The van der Waals surface area contributed by atoms with E-state index >= 15 is 0 Å². The van der Waals surface area contributed by atoms with Crippen molar-refractivity contribution in [2.24, 2.45) is 0 Å². The third kappa shape index (κ3) is 5.06. The molecular formula is C20H22ClFN4O5S. The summed E-state index contributed by atoms with van der Waals surface area (Å²) < 4.78 is 25.1. The first-order valence-electron chi connectivity index (χ1n) is 9.18. The number of carbonyl (C=O) groups excluding carboxylic acids is 1. The van der Waals surface area contributed by atoms with Gasteiger partial charge in [-0.2, -0.15) is 0 Å². The first-order chi connectivity index (χ1) is 14.8. The summed E-state index contributed by atoms with van der Waals surface area (Å²) in [5, 5.41) is 11.9. The normalized spacial score (nSPS) is 10.7. The number of halogens is 2. The molecule has 0 N–H and O–H groups in total. The lowest BCUT2D eigenvalue weighted by molar-refractivity contribution is -0.385. The molecule has 3 rings (SSSR count). The van der Waals surface area contributed by atoms with Crippen LogP contribution in [-0.4, -0.2) is 62.1 Å². The number of fused-ring (bicyclic) bond motifs is 1. The highest BCUT2D eigenvalue weighted by atomic mass is 35.5. The summed E-state index contributed by atoms with van der Waals surface area (Å²) >= 11 is 1.14. The summed E-state index contributed by atoms with van der Waals surface area (Å²) in [7, 11) is 6.39. The van der Waals surface area contributed by atoms with Crippen molar-refractivity contribution in [3.8, 4) is 11.5 Å². The Balaban J connectivity index is 0.00000363. The highest BCUT2D eigenvalue weighted by molar-refractivity contribution is 7.22. The van der Waals surface area contributed by atoms with Gasteiger partial charge in [0, 0.05) is 19.2 Å². The van der Waals surface area contributed by atoms with Crippen LogP contribution in [0.25, 0.3) is 10.2 Å². The number of anilines is 1. The summed E-state index contributed by atoms with van der Waals surface area (Å²) in [5.41, 5.74) is -0.460. The summed E-state index contributed by atoms with van der Waals surface area (Å²) in [6.07, 6.45) is 0. The van der Waals surface area contributed by atoms with Gasteiger partial charge in [-0.15, -0.1) is 12.4 Å². The Kier molecular flexibility index (Phi) is 8.31. The van der Waals surface area contributed by atoms with Crippen LogP contribution in [0.4, 0.5) is 15.2 Å². The summed E-state index contributed by atoms with van der Waals surface area (Å²) in [6, 6.07) is 6.97. The lowest BCUT2D eigenvalue weighted by atomic mass is 10.1. The number of rotatable bonds is 8. The van der Waals surface area contributed by atoms with E-state index in [1.165, 1.54) is 31.3 Å². The molecule has 0 unspecified atom stereocenters. The van der Waals surface area contributed by atoms with Crippen LogP contribution >= 0.6 is 23.7 Å². The predicted octanol–water partition coefficient (Wildman–Crippen LogP) is 3.99. The molecule has 0 atom stereocenters. The van der Waals surface area contributed by atoms with Crippen LogP contribution < -0.4 is 14.4 Å². The number of benzene rings is 2. The number of nitrogens with zero attached hydrogens (tertiary/aromatic N) is 4. The van der Waals surface area contributed by atoms with Gasteiger partial charge in [-0.05, 0) is 26.2 Å². The fourth-order valence-electron chi connectivity index (χ4n) is 2.94. The predicted molar refractivity (Wildman–Crippen MR) is 123 cm³/mol. The van der Waals surface area contributed by atoms with Gasteiger partial charge in [0.1, 0.15) is 16.9 Å². The van der Waals surface area contributed by atoms with Gasteiger partial charge < -0.3 is 14.4 Å². The number of amides is 1. The zero-order chi connectivity index (χ0) is 22.7. The lowest BCUT2D eigenvalue weighted by Gasteiger charge is -2.22. The van der Waals surface area contributed by atoms with Gasteiger partial charge in [-0.1, -0.05) is 17.4 Å². The highest BCUT2D eigenvalue weighted by Crippen LogP contribution is 2.37. The first-order valence-corrected chi connectivity index (χ1v) is 10.0. The smallest absolute Gasteiger partial charge is 0.286 e. The largest absolute Gasteiger partial charge is 0.493 e. The van der Waals surface area contributed by atoms with Gasteiger partial charge in [0.25, 0.3) is 11.6 Å². The molecule has 172 valence electrons. The number of para-hydroxylation sites is 1. The summed E-state index contributed by atoms with van der Waals surface area (Å²) in [6.45, 7) is 0.657. The van der Waals surface area contributed by atoms with Crippen LogP contribution in [0.3, 0.4) is 0 Å². The van der Waals surface area contributed by atoms with Crippen molar-refractivity contribution in [3.05, 3.63) is 51.8 Å². The molecular weight excluding hydrogens is 463 g/mol. The van der Waals surface area contributed by atoms with Crippen molar-refractivity contribution in [3.63, 3.8) is 0 Å². The van der Waals surface area contributed by atoms with Gasteiger partial charge in [-0.25, -0.2) is 9.37 Å². The average molecular weight is 485 g/mol. The second-order valence-electron chi connectivity index (χ2n) is 6.82. The number of hydrogen-bond donors (Lipinski definition) is 0. The van der Waals surface area contributed by atoms with Crippen LogP contribution in [0.5, 0.6) is 11.5 Å². The van der Waals surface area contributed by atoms with Crippen LogP contribution in [0, 0.1) is 15.9 Å². The zero-order valence-corrected chi connectivity index (χ0v) is 19.5. The Morgan fingerprint density at radius 2 is 1.84 bits per heavy atom. The van der Waals surface area contributed by atoms with E-state index in [4.69, 9.17) is 9.47 Å². The molecule has 0 spiro atoms. The van der Waals surface area contributed by atoms with Crippen molar-refractivity contribution in [2.75, 3.05) is 46.3 Å². The Morgan fingerprint density at radius 1 is 1.19 bits per heavy atom. The number of ether oxygens (including phenoxy) is 2. The molecule has 0 fully saturated rings. The molecule has 9 nitrogen and oxygen atoms in total. The highest BCUT2D eigenvalue weighted by Gasteiger charge is 2.30. The van der Waals surface area contributed by atoms with Crippen molar-refractivity contribution in [1.29, 1.82) is 0 Å². The molecule has 32 heavy (non-hydrogen) atoms. The molecule has 1 heterocycles. The number of nitro benzene ring substituents is 1. The number of methoxy groups -OCH3 is 2. The Bertz CT molecular complexity index is 1140. The number of carbonyl (C=O) groups is 1. The number of likely N-dealkylation sites (N-methyl/N-ethyl adjacent to an activating group) is 1. The maximum absolute atomic E-state index is 14.2. The van der Waals surface area contributed by atoms with Crippen molar-refractivity contribution in [1.82, 2.24) is 9.88 Å². The van der Waals surface area contributed by atoms with Crippen molar-refractivity contribution >= 4 is 50.7 Å². The van der Waals surface area contributed by atoms with E-state index in [9.17, 15) is 19.3 Å². The molecule has 0 aliphatic heterocycles. The fourth-order valence-corrected chi connectivity index (χ4v) is 3.94. The summed E-state index contributed by atoms with van der Waals surface area (Å²) in [4.78, 5) is 32.0. The van der Waals surface area contributed by atoms with E-state index in [1.807, 2.05) is 19.0 Å². The number of nitro groups is 1. The van der Waals surface area contributed by atoms with Gasteiger partial charge in [0.05, 0.1) is 29.9 Å². The minimum Gasteiger partial charge on any atom is -0.493 e. The van der Waals surface area contributed by atoms with Gasteiger partial charge in [-0.3, -0.25) is 19.8 Å². The second-order valence-corrected chi connectivity index (χ2v) is 7.83. The second kappa shape index (κ2) is 10.5. The first kappa shape index (κ1) is 25.2. The van der Waals surface area contributed by atoms with Crippen LogP contribution in [0.1, 0.15) is 10.4 Å². The van der Waals surface area contributed by atoms with Crippen LogP contribution in [-0.2, 0) is 0 Å². The van der Waals surface area contributed by atoms with Gasteiger partial charge in [0.2, 0.25) is 0 Å². The quantitative estimate of drug-likeness (QED) is 0.352. The van der Waals surface area contributed by atoms with Gasteiger partial charge >= 0.3 is 0 Å². The Labute approximate surface area is 193 Å². The van der Waals surface area contributed by atoms with E-state index in [1.54, 1.807) is 12.1 Å². The van der Waals surface area contributed by atoms with Crippen molar-refractivity contribution < 1.29 is 23.6 Å². The molecule has 0 saturated carbocycles. The minimum absolute atomic E-state index is 0. The van der Waals surface area contributed by atoms with Crippen LogP contribution in [0.15, 0.2) is 30.3 Å². The molecule has 1 aromatic heterocycles. The Hall–Kier alpha value is -3.02. The maximum atomic E-state index is 14.2. The Morgan fingerprint density at radius 3 is 2.41 bits per heavy atom. The standard InChI is InChI=1S/C20H21FN4O5S.ClH/c1-23(2)8-9-24(20-22-18-13(21)6-5-7-17(18)31-20)19(26)12-10-15(29-3)16(30-4)11-14(12)25(27)28;/h5-7,10-11H,8-9H2,1-4H3;1H. The fraction of sp³-hybridized carbons (Fsp3) is 0.300. The SMILES string of the molecule is COc1cc(C(=O)N(CCN(C)C)c2nc3c(F)cccc3s2)c([N+](=O)[O-])cc1OC.Cl. The maximum Gasteiger partial charge on any atom is 0.286 e. The lowest BCUT2D eigenvalue weighted by Crippen LogP contribution is -2.37. The molecule has 12 heteroatoms. The zero-order valence-electron chi connectivity index (χ0n) is 17.8. The number of thiazole rings is 1. The molecule has 2 aromatic carbocycles. The molecule has 0 aliphatic carbocycles. The number of aromatic nitrogens is 1. The number of hydrogen-bond acceptors (Lipinski definition) is 8. The third-order valence-corrected chi connectivity index (χ3v) is 5.58. The van der Waals surface area contributed by atoms with Crippen LogP contribution in [0.2, 0.25) is 0 Å².